The molecule has 0 aliphatic carbocycles. The maximum Gasteiger partial charge on any atom is 0.250 e. The second kappa shape index (κ2) is 11.9. The van der Waals surface area contributed by atoms with Crippen LogP contribution in [-0.2, 0) is 11.3 Å². The molecule has 180 valence electrons. The molecule has 11 heteroatoms. The van der Waals surface area contributed by atoms with Crippen LogP contribution in [-0.4, -0.2) is 61.1 Å². The Kier molecular flexibility index (Phi) is 8.74. The smallest absolute Gasteiger partial charge is 0.250 e. The number of nitrogens with one attached hydrogen (secondary N) is 1. The summed E-state index contributed by atoms with van der Waals surface area (Å²) in [4.78, 5) is 12.3. The molecule has 0 unspecified atom stereocenters. The highest BCUT2D eigenvalue weighted by Gasteiger charge is 2.15. The number of hydrazone groups is 1. The number of methoxy groups -OCH3 is 4. The van der Waals surface area contributed by atoms with Crippen molar-refractivity contribution >= 4 is 23.9 Å². The van der Waals surface area contributed by atoms with E-state index in [2.05, 4.69) is 20.7 Å². The molecule has 0 spiro atoms. The maximum absolute atomic E-state index is 12.3. The van der Waals surface area contributed by atoms with Gasteiger partial charge >= 0.3 is 0 Å². The normalized spacial score (nSPS) is 10.9. The largest absolute Gasteiger partial charge is 0.497 e. The minimum Gasteiger partial charge on any atom is -0.497 e. The van der Waals surface area contributed by atoms with Crippen LogP contribution >= 0.6 is 11.8 Å². The van der Waals surface area contributed by atoms with Gasteiger partial charge in [-0.25, -0.2) is 5.43 Å². The highest BCUT2D eigenvalue weighted by molar-refractivity contribution is 7.99. The van der Waals surface area contributed by atoms with E-state index in [1.165, 1.54) is 39.3 Å². The van der Waals surface area contributed by atoms with Crippen molar-refractivity contribution in [2.45, 2.75) is 18.6 Å². The van der Waals surface area contributed by atoms with E-state index >= 15 is 0 Å². The fraction of sp³-hybridized carbons (Fsp3) is 0.304. The molecule has 0 radical (unpaired) electrons. The van der Waals surface area contributed by atoms with Crippen LogP contribution in [0.5, 0.6) is 23.0 Å². The molecule has 1 amide bonds. The molecule has 0 bridgehead atoms. The third-order valence-corrected chi connectivity index (χ3v) is 5.77. The summed E-state index contributed by atoms with van der Waals surface area (Å²) in [5.41, 5.74) is 4.12. The molecule has 3 rings (SSSR count). The van der Waals surface area contributed by atoms with Crippen molar-refractivity contribution in [1.82, 2.24) is 20.2 Å². The molecule has 2 aromatic carbocycles. The maximum atomic E-state index is 12.3. The molecule has 1 aromatic heterocycles. The van der Waals surface area contributed by atoms with Gasteiger partial charge in [0.25, 0.3) is 5.91 Å². The molecular formula is C23H27N5O5S. The Bertz CT molecular complexity index is 1120. The monoisotopic (exact) mass is 485 g/mol. The number of aromatic nitrogens is 3. The lowest BCUT2D eigenvalue weighted by Gasteiger charge is -2.12. The van der Waals surface area contributed by atoms with E-state index in [0.29, 0.717) is 34.5 Å². The first kappa shape index (κ1) is 24.9. The minimum absolute atomic E-state index is 0.132. The number of hydrogen-bond acceptors (Lipinski definition) is 9. The van der Waals surface area contributed by atoms with Crippen molar-refractivity contribution in [3.05, 3.63) is 42.0 Å². The first-order valence-corrected chi connectivity index (χ1v) is 11.3. The fourth-order valence-electron chi connectivity index (χ4n) is 3.15. The van der Waals surface area contributed by atoms with Gasteiger partial charge in [-0.05, 0) is 43.3 Å². The third kappa shape index (κ3) is 5.79. The Hall–Kier alpha value is -3.73. The van der Waals surface area contributed by atoms with Gasteiger partial charge in [0.2, 0.25) is 5.75 Å². The minimum atomic E-state index is -0.273. The molecule has 0 fully saturated rings. The van der Waals surface area contributed by atoms with Gasteiger partial charge in [0.1, 0.15) is 5.75 Å². The number of carbonyl (C=O) groups is 1. The molecule has 3 aromatic rings. The summed E-state index contributed by atoms with van der Waals surface area (Å²) < 4.78 is 23.1. The first-order valence-electron chi connectivity index (χ1n) is 10.4. The van der Waals surface area contributed by atoms with Gasteiger partial charge in [0.15, 0.2) is 22.5 Å². The van der Waals surface area contributed by atoms with Crippen molar-refractivity contribution < 1.29 is 23.7 Å². The summed E-state index contributed by atoms with van der Waals surface area (Å²) in [5, 5.41) is 13.2. The zero-order valence-corrected chi connectivity index (χ0v) is 20.5. The standard InChI is InChI=1S/C23H27N5O5S/c1-6-28-22(16-7-9-17(30-2)10-8-16)26-27-23(28)34-14-20(29)25-24-13-15-11-18(31-3)21(33-5)19(12-15)32-4/h7-13H,6,14H2,1-5H3,(H,25,29)/b24-13-. The molecule has 1 heterocycles. The van der Waals surface area contributed by atoms with E-state index in [4.69, 9.17) is 18.9 Å². The zero-order chi connectivity index (χ0) is 24.5. The predicted octanol–water partition coefficient (Wildman–Crippen LogP) is 3.24. The van der Waals surface area contributed by atoms with Gasteiger partial charge in [-0.1, -0.05) is 11.8 Å². The third-order valence-electron chi connectivity index (χ3n) is 4.80. The van der Waals surface area contributed by atoms with E-state index in [9.17, 15) is 4.79 Å². The van der Waals surface area contributed by atoms with Gasteiger partial charge in [-0.2, -0.15) is 5.10 Å². The van der Waals surface area contributed by atoms with Crippen molar-refractivity contribution in [3.8, 4) is 34.4 Å². The van der Waals surface area contributed by atoms with Crippen LogP contribution in [0.2, 0.25) is 0 Å². The molecule has 1 N–H and O–H groups in total. The van der Waals surface area contributed by atoms with Crippen LogP contribution in [0.3, 0.4) is 0 Å². The summed E-state index contributed by atoms with van der Waals surface area (Å²) in [6.45, 7) is 2.67. The number of amides is 1. The summed E-state index contributed by atoms with van der Waals surface area (Å²) in [7, 11) is 6.22. The fourth-order valence-corrected chi connectivity index (χ4v) is 3.95. The van der Waals surface area contributed by atoms with E-state index in [1.54, 1.807) is 19.2 Å². The van der Waals surface area contributed by atoms with E-state index < -0.39 is 0 Å². The number of thioether (sulfide) groups is 1. The number of rotatable bonds is 11. The number of benzene rings is 2. The summed E-state index contributed by atoms with van der Waals surface area (Å²) in [5.74, 6) is 2.83. The van der Waals surface area contributed by atoms with Crippen LogP contribution < -0.4 is 24.4 Å². The number of hydrogen-bond donors (Lipinski definition) is 1. The van der Waals surface area contributed by atoms with Gasteiger partial charge in [0.05, 0.1) is 40.4 Å². The number of ether oxygens (including phenoxy) is 4. The van der Waals surface area contributed by atoms with Gasteiger partial charge in [0, 0.05) is 17.7 Å². The Morgan fingerprint density at radius 3 is 2.26 bits per heavy atom. The SMILES string of the molecule is CCn1c(SCC(=O)N/N=C\c2cc(OC)c(OC)c(OC)c2)nnc1-c1ccc(OC)cc1. The molecule has 0 saturated heterocycles. The van der Waals surface area contributed by atoms with Crippen LogP contribution in [0.1, 0.15) is 12.5 Å². The van der Waals surface area contributed by atoms with Crippen LogP contribution in [0, 0.1) is 0 Å². The average Bonchev–Trinajstić information content (AvgIpc) is 3.29. The van der Waals surface area contributed by atoms with E-state index in [1.807, 2.05) is 35.8 Å². The molecule has 0 atom stereocenters. The van der Waals surface area contributed by atoms with Gasteiger partial charge in [-0.15, -0.1) is 10.2 Å². The summed E-state index contributed by atoms with van der Waals surface area (Å²) in [6, 6.07) is 11.1. The lowest BCUT2D eigenvalue weighted by molar-refractivity contribution is -0.118. The Morgan fingerprint density at radius 1 is 1.03 bits per heavy atom. The van der Waals surface area contributed by atoms with Crippen molar-refractivity contribution in [2.24, 2.45) is 5.10 Å². The number of nitrogens with zero attached hydrogens (tertiary/aromatic N) is 4. The molecule has 0 saturated carbocycles. The predicted molar refractivity (Wildman–Crippen MR) is 130 cm³/mol. The average molecular weight is 486 g/mol. The summed E-state index contributed by atoms with van der Waals surface area (Å²) >= 11 is 1.29. The first-order chi connectivity index (χ1) is 16.5. The van der Waals surface area contributed by atoms with Crippen molar-refractivity contribution in [1.29, 1.82) is 0 Å². The topological polar surface area (TPSA) is 109 Å². The Labute approximate surface area is 202 Å². The second-order valence-electron chi connectivity index (χ2n) is 6.82. The molecule has 34 heavy (non-hydrogen) atoms. The quantitative estimate of drug-likeness (QED) is 0.250. The Morgan fingerprint density at radius 2 is 1.71 bits per heavy atom. The molecule has 0 aliphatic rings. The van der Waals surface area contributed by atoms with Crippen LogP contribution in [0.25, 0.3) is 11.4 Å². The molecule has 0 aliphatic heterocycles. The highest BCUT2D eigenvalue weighted by atomic mass is 32.2. The summed E-state index contributed by atoms with van der Waals surface area (Å²) in [6.07, 6.45) is 1.50. The van der Waals surface area contributed by atoms with Gasteiger partial charge < -0.3 is 23.5 Å². The van der Waals surface area contributed by atoms with Crippen molar-refractivity contribution in [3.63, 3.8) is 0 Å². The van der Waals surface area contributed by atoms with Crippen LogP contribution in [0.15, 0.2) is 46.7 Å². The second-order valence-corrected chi connectivity index (χ2v) is 7.76. The van der Waals surface area contributed by atoms with Gasteiger partial charge in [-0.3, -0.25) is 4.79 Å². The van der Waals surface area contributed by atoms with Crippen LogP contribution in [0.4, 0.5) is 0 Å². The Balaban J connectivity index is 1.62. The molecular weight excluding hydrogens is 458 g/mol. The highest BCUT2D eigenvalue weighted by Crippen LogP contribution is 2.37. The molecule has 10 nitrogen and oxygen atoms in total. The zero-order valence-electron chi connectivity index (χ0n) is 19.7. The lowest BCUT2D eigenvalue weighted by Crippen LogP contribution is -2.20. The van der Waals surface area contributed by atoms with E-state index in [0.717, 1.165) is 17.1 Å². The lowest BCUT2D eigenvalue weighted by atomic mass is 10.2. The van der Waals surface area contributed by atoms with E-state index in [-0.39, 0.29) is 11.7 Å². The van der Waals surface area contributed by atoms with Crippen molar-refractivity contribution in [2.75, 3.05) is 34.2 Å². The number of carbonyl (C=O) groups excluding carboxylic acids is 1.